The summed E-state index contributed by atoms with van der Waals surface area (Å²) in [6, 6.07) is -1.39. The number of ether oxygens (including phenoxy) is 1. The van der Waals surface area contributed by atoms with Gasteiger partial charge in [0.1, 0.15) is 6.04 Å². The minimum Gasteiger partial charge on any atom is -0.480 e. The van der Waals surface area contributed by atoms with Crippen LogP contribution in [0.1, 0.15) is 13.3 Å². The minimum absolute atomic E-state index is 0.0817. The van der Waals surface area contributed by atoms with E-state index in [-0.39, 0.29) is 11.7 Å². The van der Waals surface area contributed by atoms with Gasteiger partial charge in [0.05, 0.1) is 18.1 Å². The third kappa shape index (κ3) is 5.01. The molecule has 2 N–H and O–H groups in total. The highest BCUT2D eigenvalue weighted by molar-refractivity contribution is 7.91. The van der Waals surface area contributed by atoms with Crippen LogP contribution in [0, 0.1) is 5.92 Å². The van der Waals surface area contributed by atoms with E-state index in [4.69, 9.17) is 9.84 Å². The molecule has 2 atom stereocenters. The van der Waals surface area contributed by atoms with E-state index in [0.717, 1.165) is 6.92 Å². The topological polar surface area (TPSA) is 110 Å². The van der Waals surface area contributed by atoms with Gasteiger partial charge in [0.25, 0.3) is 0 Å². The van der Waals surface area contributed by atoms with Crippen molar-refractivity contribution >= 4 is 21.7 Å². The van der Waals surface area contributed by atoms with Crippen LogP contribution in [-0.4, -0.2) is 56.2 Å². The summed E-state index contributed by atoms with van der Waals surface area (Å²) >= 11 is 0. The Bertz CT molecular complexity index is 412. The number of aliphatic carboxylic acids is 1. The summed E-state index contributed by atoms with van der Waals surface area (Å²) < 4.78 is 28.7. The van der Waals surface area contributed by atoms with Crippen molar-refractivity contribution in [3.8, 4) is 0 Å². The molecule has 104 valence electrons. The first kappa shape index (κ1) is 14.9. The molecule has 0 aromatic rings. The van der Waals surface area contributed by atoms with Gasteiger partial charge < -0.3 is 15.2 Å². The average Bonchev–Trinajstić information content (AvgIpc) is 2.67. The summed E-state index contributed by atoms with van der Waals surface area (Å²) in [5.41, 5.74) is 0. The second-order valence-corrected chi connectivity index (χ2v) is 6.55. The smallest absolute Gasteiger partial charge is 0.327 e. The molecule has 2 unspecified atom stereocenters. The zero-order chi connectivity index (χ0) is 13.8. The number of sulfone groups is 1. The molecule has 0 saturated carbocycles. The molecule has 0 aliphatic carbocycles. The number of carbonyl (C=O) groups is 2. The van der Waals surface area contributed by atoms with Crippen LogP contribution in [0.2, 0.25) is 0 Å². The van der Waals surface area contributed by atoms with Crippen LogP contribution in [0.15, 0.2) is 0 Å². The third-order valence-corrected chi connectivity index (χ3v) is 4.43. The van der Waals surface area contributed by atoms with Gasteiger partial charge in [0.15, 0.2) is 9.84 Å². The number of carboxylic acid groups (broad SMARTS) is 1. The number of amides is 1. The summed E-state index contributed by atoms with van der Waals surface area (Å²) in [6.45, 7) is 2.07. The number of nitrogens with one attached hydrogen (secondary N) is 1. The molecule has 8 heteroatoms. The van der Waals surface area contributed by atoms with Crippen molar-refractivity contribution in [2.24, 2.45) is 5.92 Å². The Morgan fingerprint density at radius 1 is 1.50 bits per heavy atom. The quantitative estimate of drug-likeness (QED) is 0.647. The summed E-state index contributed by atoms with van der Waals surface area (Å²) in [5.74, 6) is -2.69. The molecule has 1 amide bonds. The van der Waals surface area contributed by atoms with Gasteiger partial charge in [0, 0.05) is 13.5 Å². The van der Waals surface area contributed by atoms with E-state index in [1.807, 2.05) is 0 Å². The maximum Gasteiger partial charge on any atom is 0.327 e. The lowest BCUT2D eigenvalue weighted by Crippen LogP contribution is -2.45. The second kappa shape index (κ2) is 6.14. The fourth-order valence-electron chi connectivity index (χ4n) is 1.82. The maximum atomic E-state index is 11.8. The van der Waals surface area contributed by atoms with E-state index in [2.05, 4.69) is 5.32 Å². The number of carboxylic acids is 1. The fourth-order valence-corrected chi connectivity index (χ4v) is 3.67. The molecule has 1 aliphatic rings. The Morgan fingerprint density at radius 3 is 2.61 bits per heavy atom. The molecule has 18 heavy (non-hydrogen) atoms. The lowest BCUT2D eigenvalue weighted by atomic mass is 10.2. The van der Waals surface area contributed by atoms with Gasteiger partial charge in [-0.05, 0) is 12.3 Å². The summed E-state index contributed by atoms with van der Waals surface area (Å²) in [6.07, 6.45) is 0.664. The van der Waals surface area contributed by atoms with Gasteiger partial charge in [-0.2, -0.15) is 0 Å². The highest BCUT2D eigenvalue weighted by atomic mass is 32.2. The monoisotopic (exact) mass is 279 g/mol. The summed E-state index contributed by atoms with van der Waals surface area (Å²) in [7, 11) is -3.53. The van der Waals surface area contributed by atoms with Crippen LogP contribution >= 0.6 is 0 Å². The molecule has 1 aliphatic heterocycles. The molecule has 0 aromatic heterocycles. The van der Waals surface area contributed by atoms with E-state index in [1.54, 1.807) is 0 Å². The van der Waals surface area contributed by atoms with E-state index < -0.39 is 33.5 Å². The molecule has 7 nitrogen and oxygen atoms in total. The maximum absolute atomic E-state index is 11.8. The van der Waals surface area contributed by atoms with Crippen molar-refractivity contribution in [2.75, 3.05) is 24.7 Å². The first-order valence-electron chi connectivity index (χ1n) is 5.58. The number of hydrogen-bond donors (Lipinski definition) is 2. The molecule has 1 rings (SSSR count). The highest BCUT2D eigenvalue weighted by Crippen LogP contribution is 2.15. The second-order valence-electron chi connectivity index (χ2n) is 4.40. The SMILES string of the molecule is CC(=O)NC(CS(=O)(=O)CC1CCOC1)C(=O)O. The normalized spacial score (nSPS) is 21.5. The summed E-state index contributed by atoms with van der Waals surface area (Å²) in [5, 5.41) is 11.0. The largest absolute Gasteiger partial charge is 0.480 e. The van der Waals surface area contributed by atoms with Crippen LogP contribution in [0.3, 0.4) is 0 Å². The summed E-state index contributed by atoms with van der Waals surface area (Å²) in [4.78, 5) is 21.6. The van der Waals surface area contributed by atoms with Gasteiger partial charge in [-0.3, -0.25) is 4.79 Å². The zero-order valence-electron chi connectivity index (χ0n) is 10.1. The molecule has 0 bridgehead atoms. The van der Waals surface area contributed by atoms with E-state index in [9.17, 15) is 18.0 Å². The Kier molecular flexibility index (Phi) is 5.09. The average molecular weight is 279 g/mol. The first-order valence-corrected chi connectivity index (χ1v) is 7.40. The first-order chi connectivity index (χ1) is 8.30. The lowest BCUT2D eigenvalue weighted by molar-refractivity contribution is -0.140. The lowest BCUT2D eigenvalue weighted by Gasteiger charge is -2.15. The highest BCUT2D eigenvalue weighted by Gasteiger charge is 2.29. The molecule has 0 radical (unpaired) electrons. The van der Waals surface area contributed by atoms with Crippen LogP contribution in [0.5, 0.6) is 0 Å². The van der Waals surface area contributed by atoms with E-state index >= 15 is 0 Å². The zero-order valence-corrected chi connectivity index (χ0v) is 10.9. The third-order valence-electron chi connectivity index (χ3n) is 2.61. The van der Waals surface area contributed by atoms with Crippen molar-refractivity contribution in [2.45, 2.75) is 19.4 Å². The fraction of sp³-hybridized carbons (Fsp3) is 0.800. The standard InChI is InChI=1S/C10H17NO6S/c1-7(12)11-9(10(13)14)6-18(15,16)5-8-2-3-17-4-8/h8-9H,2-6H2,1H3,(H,11,12)(H,13,14). The molecular weight excluding hydrogens is 262 g/mol. The molecule has 0 aromatic carbocycles. The van der Waals surface area contributed by atoms with Crippen LogP contribution in [0.25, 0.3) is 0 Å². The van der Waals surface area contributed by atoms with Gasteiger partial charge in [0.2, 0.25) is 5.91 Å². The molecule has 1 saturated heterocycles. The van der Waals surface area contributed by atoms with Gasteiger partial charge >= 0.3 is 5.97 Å². The van der Waals surface area contributed by atoms with Crippen molar-refractivity contribution < 1.29 is 27.9 Å². The Balaban J connectivity index is 2.60. The van der Waals surface area contributed by atoms with Crippen molar-refractivity contribution in [1.29, 1.82) is 0 Å². The molecule has 1 heterocycles. The van der Waals surface area contributed by atoms with Gasteiger partial charge in [-0.15, -0.1) is 0 Å². The molecular formula is C10H17NO6S. The Hall–Kier alpha value is -1.15. The van der Waals surface area contributed by atoms with Crippen molar-refractivity contribution in [3.63, 3.8) is 0 Å². The Labute approximate surface area is 105 Å². The van der Waals surface area contributed by atoms with Gasteiger partial charge in [-0.25, -0.2) is 13.2 Å². The number of hydrogen-bond acceptors (Lipinski definition) is 5. The molecule has 0 spiro atoms. The van der Waals surface area contributed by atoms with Crippen molar-refractivity contribution in [3.05, 3.63) is 0 Å². The van der Waals surface area contributed by atoms with Crippen LogP contribution in [-0.2, 0) is 24.2 Å². The van der Waals surface area contributed by atoms with Crippen LogP contribution in [0.4, 0.5) is 0 Å². The van der Waals surface area contributed by atoms with E-state index in [0.29, 0.717) is 19.6 Å². The molecule has 1 fully saturated rings. The predicted molar refractivity (Wildman–Crippen MR) is 62.8 cm³/mol. The predicted octanol–water partition coefficient (Wildman–Crippen LogP) is -0.973. The van der Waals surface area contributed by atoms with E-state index in [1.165, 1.54) is 0 Å². The number of carbonyl (C=O) groups excluding carboxylic acids is 1. The van der Waals surface area contributed by atoms with Crippen LogP contribution < -0.4 is 5.32 Å². The van der Waals surface area contributed by atoms with Gasteiger partial charge in [-0.1, -0.05) is 0 Å². The minimum atomic E-state index is -3.53. The van der Waals surface area contributed by atoms with Crippen molar-refractivity contribution in [1.82, 2.24) is 5.32 Å². The Morgan fingerprint density at radius 2 is 2.17 bits per heavy atom. The number of rotatable bonds is 6.